The second-order valence-corrected chi connectivity index (χ2v) is 7.94. The molecule has 0 aliphatic rings. The average molecular weight is 467 g/mol. The first-order valence-corrected chi connectivity index (χ1v) is 11.4. The van der Waals surface area contributed by atoms with Gasteiger partial charge in [0, 0.05) is 12.1 Å². The molecule has 0 saturated carbocycles. The van der Waals surface area contributed by atoms with Crippen LogP contribution in [0.4, 0.5) is 11.6 Å². The molecule has 0 bridgehead atoms. The Hall–Kier alpha value is -4.44. The predicted molar refractivity (Wildman–Crippen MR) is 146 cm³/mol. The Balaban J connectivity index is 2.20. The van der Waals surface area contributed by atoms with Crippen LogP contribution < -0.4 is 16.6 Å². The Morgan fingerprint density at radius 2 is 2.11 bits per heavy atom. The van der Waals surface area contributed by atoms with Gasteiger partial charge in [-0.15, -0.1) is 0 Å². The lowest BCUT2D eigenvalue weighted by Gasteiger charge is -2.20. The lowest BCUT2D eigenvalue weighted by Crippen LogP contribution is -2.26. The molecular weight excluding hydrogens is 436 g/mol. The van der Waals surface area contributed by atoms with Crippen LogP contribution in [0.5, 0.6) is 0 Å². The van der Waals surface area contributed by atoms with E-state index >= 15 is 0 Å². The summed E-state index contributed by atoms with van der Waals surface area (Å²) in [5.41, 5.74) is 9.63. The molecule has 2 aromatic heterocycles. The van der Waals surface area contributed by atoms with Gasteiger partial charge in [0.1, 0.15) is 23.7 Å². The number of rotatable bonds is 7. The van der Waals surface area contributed by atoms with E-state index in [-0.39, 0.29) is 23.6 Å². The van der Waals surface area contributed by atoms with Crippen LogP contribution in [-0.2, 0) is 6.54 Å². The summed E-state index contributed by atoms with van der Waals surface area (Å²) in [5.74, 6) is 6.22. The van der Waals surface area contributed by atoms with Crippen molar-refractivity contribution in [3.8, 4) is 11.8 Å². The van der Waals surface area contributed by atoms with Crippen molar-refractivity contribution < 1.29 is 0 Å². The third-order valence-electron chi connectivity index (χ3n) is 5.64. The summed E-state index contributed by atoms with van der Waals surface area (Å²) < 4.78 is 1.70. The number of nitrogens with one attached hydrogen (secondary N) is 2. The van der Waals surface area contributed by atoms with Crippen LogP contribution in [0.2, 0.25) is 0 Å². The summed E-state index contributed by atoms with van der Waals surface area (Å²) in [6, 6.07) is 7.79. The number of nitrogens with zero attached hydrogens (tertiary/aromatic N) is 3. The Bertz CT molecular complexity index is 1480. The molecule has 3 aromatic rings. The average Bonchev–Trinajstić information content (AvgIpc) is 2.84. The summed E-state index contributed by atoms with van der Waals surface area (Å²) in [7, 11) is 0. The number of hydrogen-bond acceptors (Lipinski definition) is 6. The molecule has 0 fully saturated rings. The van der Waals surface area contributed by atoms with Gasteiger partial charge in [0.25, 0.3) is 5.56 Å². The van der Waals surface area contributed by atoms with Gasteiger partial charge in [-0.05, 0) is 55.4 Å². The number of anilines is 2. The number of nitrogen functional groups attached to an aromatic ring is 1. The minimum atomic E-state index is -0.115. The predicted octanol–water partition coefficient (Wildman–Crippen LogP) is 5.07. The summed E-state index contributed by atoms with van der Waals surface area (Å²) in [6.45, 7) is 11.8. The van der Waals surface area contributed by atoms with E-state index in [0.717, 1.165) is 27.9 Å². The van der Waals surface area contributed by atoms with Crippen molar-refractivity contribution in [1.82, 2.24) is 14.5 Å². The van der Waals surface area contributed by atoms with Crippen LogP contribution >= 0.6 is 0 Å². The van der Waals surface area contributed by atoms with Crippen molar-refractivity contribution in [3.05, 3.63) is 88.1 Å². The fourth-order valence-corrected chi connectivity index (χ4v) is 3.82. The van der Waals surface area contributed by atoms with Crippen molar-refractivity contribution in [3.63, 3.8) is 0 Å². The van der Waals surface area contributed by atoms with Gasteiger partial charge >= 0.3 is 0 Å². The maximum atomic E-state index is 13.8. The molecule has 7 nitrogen and oxygen atoms in total. The Morgan fingerprint density at radius 1 is 1.34 bits per heavy atom. The van der Waals surface area contributed by atoms with Gasteiger partial charge in [0.15, 0.2) is 0 Å². The molecule has 0 saturated heterocycles. The first-order valence-electron chi connectivity index (χ1n) is 11.4. The number of aromatic nitrogens is 3. The summed E-state index contributed by atoms with van der Waals surface area (Å²) in [6.07, 6.45) is 7.41. The summed E-state index contributed by atoms with van der Waals surface area (Å²) in [5, 5.41) is 13.1. The number of pyridine rings is 1. The zero-order valence-electron chi connectivity index (χ0n) is 20.6. The van der Waals surface area contributed by atoms with Crippen LogP contribution in [0.25, 0.3) is 16.5 Å². The highest BCUT2D eigenvalue weighted by molar-refractivity contribution is 6.16. The Kier molecular flexibility index (Phi) is 8.00. The number of hydrogen-bond donors (Lipinski definition) is 3. The molecule has 3 rings (SSSR count). The van der Waals surface area contributed by atoms with Gasteiger partial charge in [-0.1, -0.05) is 49.8 Å². The maximum Gasteiger partial charge on any atom is 0.263 e. The van der Waals surface area contributed by atoms with Crippen LogP contribution in [0, 0.1) is 24.2 Å². The summed E-state index contributed by atoms with van der Waals surface area (Å²) >= 11 is 0. The van der Waals surface area contributed by atoms with Gasteiger partial charge in [-0.3, -0.25) is 14.8 Å². The van der Waals surface area contributed by atoms with Crippen LogP contribution in [0.3, 0.4) is 0 Å². The van der Waals surface area contributed by atoms with Gasteiger partial charge < -0.3 is 11.1 Å². The number of fused-ring (bicyclic) bond motifs is 1. The fourth-order valence-electron chi connectivity index (χ4n) is 3.82. The van der Waals surface area contributed by atoms with Crippen LogP contribution in [0.15, 0.2) is 65.8 Å². The molecule has 0 unspecified atom stereocenters. The minimum Gasteiger partial charge on any atom is -0.383 e. The highest BCUT2D eigenvalue weighted by Crippen LogP contribution is 2.24. The standard InChI is InChI=1S/C28H30N6O/c1-6-9-14-22(29)25-26(30)32-17-33-27(25)31-16-21-15-20-13-10-12-19(5)24(20)28(35)34(21)23(11-7-2)18(4)8-3/h7-8,10-13,15,17,29H,2,6,16H2,1,3-5H3,(H3,30,31,32,33)/b18-8-,23-11+,29-22?. The monoisotopic (exact) mass is 466 g/mol. The maximum absolute atomic E-state index is 13.8. The molecule has 7 heteroatoms. The first-order chi connectivity index (χ1) is 16.8. The lowest BCUT2D eigenvalue weighted by atomic mass is 10.0. The van der Waals surface area contributed by atoms with E-state index in [9.17, 15) is 4.79 Å². The van der Waals surface area contributed by atoms with Gasteiger partial charge in [0.05, 0.1) is 23.2 Å². The van der Waals surface area contributed by atoms with Crippen LogP contribution in [-0.4, -0.2) is 20.2 Å². The fraction of sp³-hybridized carbons (Fsp3) is 0.214. The smallest absolute Gasteiger partial charge is 0.263 e. The van der Waals surface area contributed by atoms with Gasteiger partial charge in [-0.2, -0.15) is 0 Å². The molecule has 1 aromatic carbocycles. The van der Waals surface area contributed by atoms with Gasteiger partial charge in [0.2, 0.25) is 0 Å². The van der Waals surface area contributed by atoms with Crippen LogP contribution in [0.1, 0.15) is 44.0 Å². The second-order valence-electron chi connectivity index (χ2n) is 7.94. The Morgan fingerprint density at radius 3 is 2.80 bits per heavy atom. The first kappa shape index (κ1) is 25.2. The van der Waals surface area contributed by atoms with E-state index in [1.54, 1.807) is 10.6 Å². The molecule has 178 valence electrons. The van der Waals surface area contributed by atoms with E-state index in [1.807, 2.05) is 64.1 Å². The number of aryl methyl sites for hydroxylation is 1. The SMILES string of the molecule is C=C/C=C(\C(C)=C/C)n1c(CNc2ncnc(N)c2C(=N)C#CCC)cc2cccc(C)c2c1=O. The van der Waals surface area contributed by atoms with Crippen molar-refractivity contribution in [1.29, 1.82) is 5.41 Å². The van der Waals surface area contributed by atoms with E-state index in [0.29, 0.717) is 23.2 Å². The van der Waals surface area contributed by atoms with Crippen molar-refractivity contribution in [2.45, 2.75) is 40.7 Å². The second kappa shape index (κ2) is 11.1. The molecule has 0 spiro atoms. The zero-order chi connectivity index (χ0) is 25.5. The third kappa shape index (κ3) is 5.22. The molecule has 4 N–H and O–H groups in total. The lowest BCUT2D eigenvalue weighted by molar-refractivity contribution is 0.903. The molecule has 0 radical (unpaired) electrons. The van der Waals surface area contributed by atoms with E-state index < -0.39 is 0 Å². The molecule has 35 heavy (non-hydrogen) atoms. The van der Waals surface area contributed by atoms with E-state index in [1.165, 1.54) is 6.33 Å². The van der Waals surface area contributed by atoms with E-state index in [2.05, 4.69) is 33.7 Å². The highest BCUT2D eigenvalue weighted by atomic mass is 16.1. The summed E-state index contributed by atoms with van der Waals surface area (Å²) in [4.78, 5) is 22.1. The van der Waals surface area contributed by atoms with Crippen molar-refractivity contribution in [2.24, 2.45) is 0 Å². The number of allylic oxidation sites excluding steroid dienone is 5. The highest BCUT2D eigenvalue weighted by Gasteiger charge is 2.17. The molecule has 2 heterocycles. The van der Waals surface area contributed by atoms with Crippen molar-refractivity contribution >= 4 is 33.8 Å². The minimum absolute atomic E-state index is 0.0379. The topological polar surface area (TPSA) is 110 Å². The molecule has 0 amide bonds. The largest absolute Gasteiger partial charge is 0.383 e. The zero-order valence-corrected chi connectivity index (χ0v) is 20.6. The quantitative estimate of drug-likeness (QED) is 0.256. The van der Waals surface area contributed by atoms with Gasteiger partial charge in [-0.25, -0.2) is 9.97 Å². The number of benzene rings is 1. The molecular formula is C28H30N6O. The normalized spacial score (nSPS) is 11.7. The van der Waals surface area contributed by atoms with E-state index in [4.69, 9.17) is 11.1 Å². The number of nitrogens with two attached hydrogens (primary N) is 1. The van der Waals surface area contributed by atoms with Crippen molar-refractivity contribution in [2.75, 3.05) is 11.1 Å². The molecule has 0 aliphatic heterocycles. The molecule has 0 aliphatic carbocycles. The Labute approximate surface area is 205 Å². The third-order valence-corrected chi connectivity index (χ3v) is 5.64. The molecule has 0 atom stereocenters.